The van der Waals surface area contributed by atoms with E-state index in [2.05, 4.69) is 41.0 Å². The number of nitrogens with one attached hydrogen (secondary N) is 2. The van der Waals surface area contributed by atoms with Crippen LogP contribution in [0.4, 0.5) is 0 Å². The van der Waals surface area contributed by atoms with E-state index in [1.54, 1.807) is 0 Å². The summed E-state index contributed by atoms with van der Waals surface area (Å²) in [4.78, 5) is 13.8. The van der Waals surface area contributed by atoms with E-state index in [0.717, 1.165) is 26.1 Å². The van der Waals surface area contributed by atoms with Gasteiger partial charge in [-0.2, -0.15) is 0 Å². The van der Waals surface area contributed by atoms with Crippen molar-refractivity contribution in [1.29, 1.82) is 0 Å². The van der Waals surface area contributed by atoms with Crippen LogP contribution in [0.25, 0.3) is 0 Å². The largest absolute Gasteiger partial charge is 0.354 e. The molecular weight excluding hydrogens is 328 g/mol. The van der Waals surface area contributed by atoms with Gasteiger partial charge in [0, 0.05) is 22.1 Å². The number of hydrogen-bond donors (Lipinski definition) is 2. The van der Waals surface area contributed by atoms with Crippen molar-refractivity contribution in [3.8, 4) is 0 Å². The maximum atomic E-state index is 12.5. The lowest BCUT2D eigenvalue weighted by Gasteiger charge is -2.23. The van der Waals surface area contributed by atoms with Crippen molar-refractivity contribution in [2.75, 3.05) is 19.6 Å². The fourth-order valence-electron chi connectivity index (χ4n) is 3.76. The molecule has 126 valence electrons. The quantitative estimate of drug-likeness (QED) is 0.854. The summed E-state index contributed by atoms with van der Waals surface area (Å²) < 4.78 is 0.257. The molecule has 0 radical (unpaired) electrons. The monoisotopic (exact) mass is 352 g/mol. The minimum atomic E-state index is 0. The van der Waals surface area contributed by atoms with Crippen LogP contribution in [-0.2, 0) is 4.79 Å². The molecular formula is C18H25ClN2OS. The lowest BCUT2D eigenvalue weighted by molar-refractivity contribution is -0.123. The van der Waals surface area contributed by atoms with Crippen molar-refractivity contribution < 1.29 is 4.79 Å². The van der Waals surface area contributed by atoms with Gasteiger partial charge in [-0.25, -0.2) is 0 Å². The number of amides is 1. The first-order valence-corrected chi connectivity index (χ1v) is 9.26. The Balaban J connectivity index is 0.00000156. The highest BCUT2D eigenvalue weighted by Crippen LogP contribution is 2.58. The first-order chi connectivity index (χ1) is 10.7. The normalized spacial score (nSPS) is 26.2. The zero-order valence-electron chi connectivity index (χ0n) is 13.3. The highest BCUT2D eigenvalue weighted by atomic mass is 35.5. The van der Waals surface area contributed by atoms with Crippen LogP contribution in [0.5, 0.6) is 0 Å². The number of rotatable bonds is 5. The second kappa shape index (κ2) is 6.66. The van der Waals surface area contributed by atoms with Gasteiger partial charge >= 0.3 is 0 Å². The van der Waals surface area contributed by atoms with Gasteiger partial charge in [0.25, 0.3) is 0 Å². The molecule has 1 aromatic rings. The Bertz CT molecular complexity index is 555. The summed E-state index contributed by atoms with van der Waals surface area (Å²) >= 11 is 1.93. The molecule has 1 aliphatic heterocycles. The van der Waals surface area contributed by atoms with Crippen molar-refractivity contribution in [3.05, 3.63) is 30.3 Å². The molecule has 0 aromatic heterocycles. The van der Waals surface area contributed by atoms with E-state index < -0.39 is 0 Å². The van der Waals surface area contributed by atoms with E-state index >= 15 is 0 Å². The molecule has 1 spiro atoms. The Labute approximate surface area is 148 Å². The second-order valence-electron chi connectivity index (χ2n) is 7.19. The van der Waals surface area contributed by atoms with E-state index in [4.69, 9.17) is 0 Å². The molecule has 1 atom stereocenters. The van der Waals surface area contributed by atoms with Crippen LogP contribution in [0.2, 0.25) is 0 Å². The highest BCUT2D eigenvalue weighted by Gasteiger charge is 2.58. The Hall–Kier alpha value is -0.710. The Morgan fingerprint density at radius 2 is 1.87 bits per heavy atom. The number of carbonyl (C=O) groups excluding carboxylic acids is 1. The summed E-state index contributed by atoms with van der Waals surface area (Å²) in [5.74, 6) is 0.592. The van der Waals surface area contributed by atoms with Gasteiger partial charge in [0.1, 0.15) is 0 Å². The van der Waals surface area contributed by atoms with E-state index in [0.29, 0.717) is 11.3 Å². The Morgan fingerprint density at radius 1 is 1.17 bits per heavy atom. The van der Waals surface area contributed by atoms with Gasteiger partial charge in [0.15, 0.2) is 0 Å². The third-order valence-corrected chi connectivity index (χ3v) is 7.07. The minimum Gasteiger partial charge on any atom is -0.354 e. The van der Waals surface area contributed by atoms with Crippen LogP contribution in [-0.4, -0.2) is 30.3 Å². The zero-order chi connectivity index (χ0) is 15.0. The number of halogens is 1. The summed E-state index contributed by atoms with van der Waals surface area (Å²) in [5.41, 5.74) is 0.346. The number of piperidine rings is 1. The number of benzene rings is 1. The standard InChI is InChI=1S/C18H24N2OS.ClH/c21-16(15-12-17(15)8-10-19-11-9-17)20-13-18(6-7-18)22-14-4-2-1-3-5-14;/h1-5,15,19H,6-13H2,(H,20,21);1H. The van der Waals surface area contributed by atoms with Crippen LogP contribution in [0.1, 0.15) is 32.1 Å². The molecule has 3 nitrogen and oxygen atoms in total. The van der Waals surface area contributed by atoms with Gasteiger partial charge in [-0.3, -0.25) is 4.79 Å². The van der Waals surface area contributed by atoms with Crippen LogP contribution in [0, 0.1) is 11.3 Å². The van der Waals surface area contributed by atoms with Crippen molar-refractivity contribution in [1.82, 2.24) is 10.6 Å². The highest BCUT2D eigenvalue weighted by molar-refractivity contribution is 8.01. The Morgan fingerprint density at radius 3 is 2.52 bits per heavy atom. The van der Waals surface area contributed by atoms with Gasteiger partial charge in [-0.05, 0) is 62.7 Å². The van der Waals surface area contributed by atoms with Crippen molar-refractivity contribution in [2.24, 2.45) is 11.3 Å². The van der Waals surface area contributed by atoms with E-state index in [-0.39, 0.29) is 23.1 Å². The van der Waals surface area contributed by atoms with Crippen LogP contribution >= 0.6 is 24.2 Å². The molecule has 1 saturated heterocycles. The van der Waals surface area contributed by atoms with Gasteiger partial charge in [0.2, 0.25) is 5.91 Å². The zero-order valence-corrected chi connectivity index (χ0v) is 15.0. The molecule has 4 rings (SSSR count). The molecule has 23 heavy (non-hydrogen) atoms. The molecule has 3 fully saturated rings. The maximum Gasteiger partial charge on any atom is 0.223 e. The molecule has 2 N–H and O–H groups in total. The van der Waals surface area contributed by atoms with Gasteiger partial charge in [0.05, 0.1) is 0 Å². The van der Waals surface area contributed by atoms with Gasteiger partial charge in [-0.15, -0.1) is 24.2 Å². The van der Waals surface area contributed by atoms with E-state index in [9.17, 15) is 4.79 Å². The number of thioether (sulfide) groups is 1. The molecule has 5 heteroatoms. The van der Waals surface area contributed by atoms with Crippen molar-refractivity contribution >= 4 is 30.1 Å². The summed E-state index contributed by atoms with van der Waals surface area (Å²) in [6.07, 6.45) is 5.89. The average Bonchev–Trinajstić information content (AvgIpc) is 3.46. The molecule has 2 saturated carbocycles. The topological polar surface area (TPSA) is 41.1 Å². The predicted octanol–water partition coefficient (Wildman–Crippen LogP) is 3.24. The fourth-order valence-corrected chi connectivity index (χ4v) is 5.00. The van der Waals surface area contributed by atoms with E-state index in [1.807, 2.05) is 11.8 Å². The summed E-state index contributed by atoms with van der Waals surface area (Å²) in [6.45, 7) is 2.99. The summed E-state index contributed by atoms with van der Waals surface area (Å²) in [7, 11) is 0. The lowest BCUT2D eigenvalue weighted by Crippen LogP contribution is -2.36. The maximum absolute atomic E-state index is 12.5. The SMILES string of the molecule is Cl.O=C(NCC1(Sc2ccccc2)CC1)C1CC12CCNCC2. The molecule has 1 heterocycles. The van der Waals surface area contributed by atoms with Crippen molar-refractivity contribution in [2.45, 2.75) is 41.7 Å². The third-order valence-electron chi connectivity index (χ3n) is 5.58. The fraction of sp³-hybridized carbons (Fsp3) is 0.611. The smallest absolute Gasteiger partial charge is 0.223 e. The van der Waals surface area contributed by atoms with Gasteiger partial charge in [-0.1, -0.05) is 18.2 Å². The molecule has 3 aliphatic rings. The molecule has 1 unspecified atom stereocenters. The average molecular weight is 353 g/mol. The van der Waals surface area contributed by atoms with E-state index in [1.165, 1.54) is 30.6 Å². The first kappa shape index (κ1) is 17.1. The number of hydrogen-bond acceptors (Lipinski definition) is 3. The summed E-state index contributed by atoms with van der Waals surface area (Å²) in [5, 5.41) is 6.66. The molecule has 1 amide bonds. The van der Waals surface area contributed by atoms with Crippen LogP contribution in [0.15, 0.2) is 35.2 Å². The first-order valence-electron chi connectivity index (χ1n) is 8.44. The van der Waals surface area contributed by atoms with Crippen LogP contribution < -0.4 is 10.6 Å². The second-order valence-corrected chi connectivity index (χ2v) is 8.73. The third kappa shape index (κ3) is 3.70. The summed E-state index contributed by atoms with van der Waals surface area (Å²) in [6, 6.07) is 10.6. The van der Waals surface area contributed by atoms with Crippen LogP contribution in [0.3, 0.4) is 0 Å². The Kier molecular flexibility index (Phi) is 4.96. The van der Waals surface area contributed by atoms with Crippen molar-refractivity contribution in [3.63, 3.8) is 0 Å². The molecule has 0 bridgehead atoms. The molecule has 1 aromatic carbocycles. The van der Waals surface area contributed by atoms with Gasteiger partial charge < -0.3 is 10.6 Å². The molecule has 2 aliphatic carbocycles. The predicted molar refractivity (Wildman–Crippen MR) is 97.2 cm³/mol. The number of carbonyl (C=O) groups is 1. The minimum absolute atomic E-state index is 0. The lowest BCUT2D eigenvalue weighted by atomic mass is 9.92.